The number of benzene rings is 1. The standard InChI is InChI=1S/C14H24N2O3/c1-9(15)10(2)16-8-11-6-12(17-3)14(19-5)13(7-11)18-4/h6-7,9-10,16H,8,15H2,1-5H3. The summed E-state index contributed by atoms with van der Waals surface area (Å²) in [5.74, 6) is 1.92. The lowest BCUT2D eigenvalue weighted by atomic mass is 10.1. The summed E-state index contributed by atoms with van der Waals surface area (Å²) >= 11 is 0. The van der Waals surface area contributed by atoms with Crippen LogP contribution in [0.15, 0.2) is 12.1 Å². The molecule has 0 amide bonds. The molecule has 108 valence electrons. The Hall–Kier alpha value is -1.46. The summed E-state index contributed by atoms with van der Waals surface area (Å²) in [5, 5.41) is 3.36. The zero-order valence-corrected chi connectivity index (χ0v) is 12.3. The van der Waals surface area contributed by atoms with Crippen molar-refractivity contribution in [3.05, 3.63) is 17.7 Å². The van der Waals surface area contributed by atoms with E-state index in [1.165, 1.54) is 0 Å². The van der Waals surface area contributed by atoms with Crippen LogP contribution in [0.4, 0.5) is 0 Å². The molecule has 0 heterocycles. The first kappa shape index (κ1) is 15.6. The number of hydrogen-bond acceptors (Lipinski definition) is 5. The van der Waals surface area contributed by atoms with Crippen LogP contribution in [-0.4, -0.2) is 33.4 Å². The first-order chi connectivity index (χ1) is 9.03. The number of methoxy groups -OCH3 is 3. The highest BCUT2D eigenvalue weighted by molar-refractivity contribution is 5.53. The maximum atomic E-state index is 5.83. The zero-order chi connectivity index (χ0) is 14.4. The molecule has 0 bridgehead atoms. The summed E-state index contributed by atoms with van der Waals surface area (Å²) in [5.41, 5.74) is 6.88. The van der Waals surface area contributed by atoms with Crippen LogP contribution in [0.3, 0.4) is 0 Å². The van der Waals surface area contributed by atoms with Gasteiger partial charge >= 0.3 is 0 Å². The van der Waals surface area contributed by atoms with Gasteiger partial charge in [0, 0.05) is 18.6 Å². The maximum absolute atomic E-state index is 5.83. The Bertz CT molecular complexity index is 383. The van der Waals surface area contributed by atoms with E-state index in [9.17, 15) is 0 Å². The lowest BCUT2D eigenvalue weighted by Crippen LogP contribution is -2.40. The molecular formula is C14H24N2O3. The van der Waals surface area contributed by atoms with Crippen LogP contribution in [0.2, 0.25) is 0 Å². The highest BCUT2D eigenvalue weighted by Gasteiger charge is 2.14. The van der Waals surface area contributed by atoms with E-state index in [0.717, 1.165) is 5.56 Å². The number of ether oxygens (including phenoxy) is 3. The van der Waals surface area contributed by atoms with Crippen molar-refractivity contribution in [1.29, 1.82) is 0 Å². The lowest BCUT2D eigenvalue weighted by Gasteiger charge is -2.19. The van der Waals surface area contributed by atoms with Crippen molar-refractivity contribution in [1.82, 2.24) is 5.32 Å². The molecule has 3 N–H and O–H groups in total. The minimum atomic E-state index is 0.0991. The second kappa shape index (κ2) is 7.21. The van der Waals surface area contributed by atoms with Gasteiger partial charge in [0.2, 0.25) is 5.75 Å². The second-order valence-corrected chi connectivity index (χ2v) is 4.56. The molecule has 0 fully saturated rings. The molecule has 0 saturated carbocycles. The summed E-state index contributed by atoms with van der Waals surface area (Å²) in [4.78, 5) is 0. The molecule has 5 nitrogen and oxygen atoms in total. The fourth-order valence-corrected chi connectivity index (χ4v) is 1.70. The molecule has 0 aliphatic rings. The summed E-state index contributed by atoms with van der Waals surface area (Å²) < 4.78 is 15.9. The van der Waals surface area contributed by atoms with Crippen molar-refractivity contribution < 1.29 is 14.2 Å². The van der Waals surface area contributed by atoms with Gasteiger partial charge in [-0.2, -0.15) is 0 Å². The average Bonchev–Trinajstić information content (AvgIpc) is 2.42. The minimum Gasteiger partial charge on any atom is -0.493 e. The first-order valence-corrected chi connectivity index (χ1v) is 6.31. The predicted octanol–water partition coefficient (Wildman–Crippen LogP) is 1.54. The Morgan fingerprint density at radius 2 is 1.58 bits per heavy atom. The van der Waals surface area contributed by atoms with Crippen molar-refractivity contribution in [2.45, 2.75) is 32.5 Å². The second-order valence-electron chi connectivity index (χ2n) is 4.56. The molecule has 19 heavy (non-hydrogen) atoms. The van der Waals surface area contributed by atoms with Gasteiger partial charge < -0.3 is 25.3 Å². The molecule has 2 atom stereocenters. The van der Waals surface area contributed by atoms with Gasteiger partial charge in [0.15, 0.2) is 11.5 Å². The van der Waals surface area contributed by atoms with E-state index in [1.54, 1.807) is 21.3 Å². The van der Waals surface area contributed by atoms with Crippen molar-refractivity contribution in [2.24, 2.45) is 5.73 Å². The molecule has 0 saturated heterocycles. The van der Waals surface area contributed by atoms with Crippen LogP contribution in [0.5, 0.6) is 17.2 Å². The van der Waals surface area contributed by atoms with E-state index in [2.05, 4.69) is 12.2 Å². The van der Waals surface area contributed by atoms with Crippen LogP contribution < -0.4 is 25.3 Å². The minimum absolute atomic E-state index is 0.0991. The highest BCUT2D eigenvalue weighted by Crippen LogP contribution is 2.38. The molecule has 2 unspecified atom stereocenters. The fourth-order valence-electron chi connectivity index (χ4n) is 1.70. The first-order valence-electron chi connectivity index (χ1n) is 6.31. The van der Waals surface area contributed by atoms with Crippen LogP contribution >= 0.6 is 0 Å². The van der Waals surface area contributed by atoms with Gasteiger partial charge in [-0.25, -0.2) is 0 Å². The van der Waals surface area contributed by atoms with Crippen LogP contribution in [0, 0.1) is 0 Å². The van der Waals surface area contributed by atoms with E-state index in [0.29, 0.717) is 23.8 Å². The van der Waals surface area contributed by atoms with Gasteiger partial charge in [-0.05, 0) is 31.5 Å². The van der Waals surface area contributed by atoms with Crippen molar-refractivity contribution in [3.8, 4) is 17.2 Å². The number of hydrogen-bond donors (Lipinski definition) is 2. The smallest absolute Gasteiger partial charge is 0.203 e. The highest BCUT2D eigenvalue weighted by atomic mass is 16.5. The molecule has 1 aromatic carbocycles. The molecule has 0 aliphatic heterocycles. The van der Waals surface area contributed by atoms with Crippen LogP contribution in [0.25, 0.3) is 0 Å². The number of rotatable bonds is 7. The normalized spacial score (nSPS) is 13.8. The molecular weight excluding hydrogens is 244 g/mol. The van der Waals surface area contributed by atoms with Crippen LogP contribution in [0.1, 0.15) is 19.4 Å². The third kappa shape index (κ3) is 4.01. The van der Waals surface area contributed by atoms with Gasteiger partial charge in [0.1, 0.15) is 0 Å². The Kier molecular flexibility index (Phi) is 5.92. The Morgan fingerprint density at radius 3 is 1.95 bits per heavy atom. The van der Waals surface area contributed by atoms with Crippen molar-refractivity contribution in [2.75, 3.05) is 21.3 Å². The predicted molar refractivity (Wildman–Crippen MR) is 76.0 cm³/mol. The molecule has 0 radical (unpaired) electrons. The topological polar surface area (TPSA) is 65.7 Å². The maximum Gasteiger partial charge on any atom is 0.203 e. The third-order valence-electron chi connectivity index (χ3n) is 3.14. The lowest BCUT2D eigenvalue weighted by molar-refractivity contribution is 0.323. The molecule has 1 aromatic rings. The molecule has 0 spiro atoms. The molecule has 0 aromatic heterocycles. The SMILES string of the molecule is COc1cc(CNC(C)C(C)N)cc(OC)c1OC. The van der Waals surface area contributed by atoms with Crippen molar-refractivity contribution in [3.63, 3.8) is 0 Å². The van der Waals surface area contributed by atoms with Gasteiger partial charge in [0.25, 0.3) is 0 Å². The third-order valence-corrected chi connectivity index (χ3v) is 3.14. The van der Waals surface area contributed by atoms with E-state index >= 15 is 0 Å². The molecule has 5 heteroatoms. The van der Waals surface area contributed by atoms with E-state index < -0.39 is 0 Å². The summed E-state index contributed by atoms with van der Waals surface area (Å²) in [7, 11) is 4.81. The van der Waals surface area contributed by atoms with Gasteiger partial charge in [0.05, 0.1) is 21.3 Å². The van der Waals surface area contributed by atoms with Crippen molar-refractivity contribution >= 4 is 0 Å². The summed E-state index contributed by atoms with van der Waals surface area (Å²) in [6.07, 6.45) is 0. The monoisotopic (exact) mass is 268 g/mol. The summed E-state index contributed by atoms with van der Waals surface area (Å²) in [6.45, 7) is 4.73. The average molecular weight is 268 g/mol. The van der Waals surface area contributed by atoms with E-state index in [-0.39, 0.29) is 12.1 Å². The van der Waals surface area contributed by atoms with E-state index in [1.807, 2.05) is 19.1 Å². The zero-order valence-electron chi connectivity index (χ0n) is 12.3. The summed E-state index contributed by atoms with van der Waals surface area (Å²) in [6, 6.07) is 4.20. The number of nitrogens with one attached hydrogen (secondary N) is 1. The van der Waals surface area contributed by atoms with Gasteiger partial charge in [-0.1, -0.05) is 0 Å². The molecule has 1 rings (SSSR count). The Balaban J connectivity index is 2.90. The van der Waals surface area contributed by atoms with Gasteiger partial charge in [-0.15, -0.1) is 0 Å². The van der Waals surface area contributed by atoms with Crippen LogP contribution in [-0.2, 0) is 6.54 Å². The van der Waals surface area contributed by atoms with E-state index in [4.69, 9.17) is 19.9 Å². The largest absolute Gasteiger partial charge is 0.493 e. The van der Waals surface area contributed by atoms with Gasteiger partial charge in [-0.3, -0.25) is 0 Å². The Labute approximate surface area is 115 Å². The Morgan fingerprint density at radius 1 is 1.05 bits per heavy atom. The fraction of sp³-hybridized carbons (Fsp3) is 0.571. The molecule has 0 aliphatic carbocycles. The number of nitrogens with two attached hydrogens (primary N) is 1. The quantitative estimate of drug-likeness (QED) is 0.785.